The molecule has 3 rings (SSSR count). The van der Waals surface area contributed by atoms with E-state index in [2.05, 4.69) is 4.98 Å². The predicted octanol–water partition coefficient (Wildman–Crippen LogP) is 5.22. The van der Waals surface area contributed by atoms with Crippen molar-refractivity contribution in [3.8, 4) is 16.9 Å². The molecular formula is C16H11Cl2NO. The number of benzene rings is 2. The Kier molecular flexibility index (Phi) is 3.51. The van der Waals surface area contributed by atoms with Gasteiger partial charge in [0, 0.05) is 22.5 Å². The number of methoxy groups -OCH3 is 1. The number of para-hydroxylation sites is 1. The third-order valence-corrected chi connectivity index (χ3v) is 3.81. The van der Waals surface area contributed by atoms with Crippen molar-refractivity contribution in [1.82, 2.24) is 4.98 Å². The molecule has 1 heterocycles. The molecule has 0 aliphatic heterocycles. The molecule has 0 fully saturated rings. The molecule has 3 aromatic rings. The summed E-state index contributed by atoms with van der Waals surface area (Å²) in [5, 5.41) is 2.77. The zero-order valence-corrected chi connectivity index (χ0v) is 12.2. The lowest BCUT2D eigenvalue weighted by Crippen LogP contribution is -1.88. The number of pyridine rings is 1. The Labute approximate surface area is 126 Å². The van der Waals surface area contributed by atoms with E-state index < -0.39 is 0 Å². The average Bonchev–Trinajstić information content (AvgIpc) is 2.50. The Morgan fingerprint density at radius 3 is 2.60 bits per heavy atom. The Bertz CT molecular complexity index is 787. The fourth-order valence-corrected chi connectivity index (χ4v) is 2.65. The smallest absolute Gasteiger partial charge is 0.136 e. The van der Waals surface area contributed by atoms with Gasteiger partial charge in [-0.3, -0.25) is 0 Å². The molecule has 0 bridgehead atoms. The standard InChI is InChI=1S/C16H11Cl2NO/c1-20-15-5-3-2-4-11(15)10-6-7-12-13(8-10)16(18)19-9-14(12)17/h2-9H,1H3. The number of hydrogen-bond donors (Lipinski definition) is 0. The number of ether oxygens (including phenoxy) is 1. The number of rotatable bonds is 2. The summed E-state index contributed by atoms with van der Waals surface area (Å²) in [5.41, 5.74) is 2.02. The van der Waals surface area contributed by atoms with E-state index in [1.807, 2.05) is 42.5 Å². The summed E-state index contributed by atoms with van der Waals surface area (Å²) in [6, 6.07) is 13.8. The third kappa shape index (κ3) is 2.21. The van der Waals surface area contributed by atoms with Crippen LogP contribution in [0.1, 0.15) is 0 Å². The van der Waals surface area contributed by atoms with Crippen molar-refractivity contribution in [2.24, 2.45) is 0 Å². The molecule has 0 aliphatic carbocycles. The van der Waals surface area contributed by atoms with E-state index in [4.69, 9.17) is 27.9 Å². The van der Waals surface area contributed by atoms with Gasteiger partial charge in [0.1, 0.15) is 10.9 Å². The van der Waals surface area contributed by atoms with Crippen LogP contribution in [0.5, 0.6) is 5.75 Å². The Morgan fingerprint density at radius 1 is 1.00 bits per heavy atom. The van der Waals surface area contributed by atoms with Gasteiger partial charge in [-0.1, -0.05) is 53.5 Å². The molecule has 0 N–H and O–H groups in total. The van der Waals surface area contributed by atoms with Gasteiger partial charge >= 0.3 is 0 Å². The first-order chi connectivity index (χ1) is 9.70. The average molecular weight is 304 g/mol. The Hall–Kier alpha value is -1.77. The maximum Gasteiger partial charge on any atom is 0.136 e. The van der Waals surface area contributed by atoms with Crippen molar-refractivity contribution in [2.45, 2.75) is 0 Å². The van der Waals surface area contributed by atoms with Gasteiger partial charge in [0.25, 0.3) is 0 Å². The largest absolute Gasteiger partial charge is 0.496 e. The van der Waals surface area contributed by atoms with Gasteiger partial charge in [-0.25, -0.2) is 4.98 Å². The number of aromatic nitrogens is 1. The van der Waals surface area contributed by atoms with Crippen LogP contribution >= 0.6 is 23.2 Å². The highest BCUT2D eigenvalue weighted by molar-refractivity contribution is 6.39. The summed E-state index contributed by atoms with van der Waals surface area (Å²) >= 11 is 12.3. The minimum absolute atomic E-state index is 0.446. The van der Waals surface area contributed by atoms with Crippen LogP contribution in [0.25, 0.3) is 21.9 Å². The van der Waals surface area contributed by atoms with Gasteiger partial charge in [-0.15, -0.1) is 0 Å². The van der Waals surface area contributed by atoms with Crippen molar-refractivity contribution in [3.05, 3.63) is 58.8 Å². The Morgan fingerprint density at radius 2 is 1.80 bits per heavy atom. The highest BCUT2D eigenvalue weighted by Crippen LogP contribution is 2.35. The van der Waals surface area contributed by atoms with Crippen LogP contribution in [0.2, 0.25) is 10.2 Å². The fourth-order valence-electron chi connectivity index (χ4n) is 2.23. The summed E-state index contributed by atoms with van der Waals surface area (Å²) in [6.07, 6.45) is 1.56. The first kappa shape index (κ1) is 13.2. The van der Waals surface area contributed by atoms with E-state index in [1.165, 1.54) is 0 Å². The zero-order chi connectivity index (χ0) is 14.1. The molecule has 2 nitrogen and oxygen atoms in total. The lowest BCUT2D eigenvalue weighted by molar-refractivity contribution is 0.416. The second kappa shape index (κ2) is 5.31. The summed E-state index contributed by atoms with van der Waals surface area (Å²) in [6.45, 7) is 0. The van der Waals surface area contributed by atoms with E-state index in [0.717, 1.165) is 27.6 Å². The first-order valence-electron chi connectivity index (χ1n) is 6.08. The fraction of sp³-hybridized carbons (Fsp3) is 0.0625. The van der Waals surface area contributed by atoms with E-state index in [0.29, 0.717) is 10.2 Å². The number of nitrogens with zero attached hydrogens (tertiary/aromatic N) is 1. The molecule has 0 amide bonds. The zero-order valence-electron chi connectivity index (χ0n) is 10.7. The van der Waals surface area contributed by atoms with Gasteiger partial charge in [0.15, 0.2) is 0 Å². The minimum atomic E-state index is 0.446. The molecule has 4 heteroatoms. The third-order valence-electron chi connectivity index (χ3n) is 3.21. The van der Waals surface area contributed by atoms with Crippen molar-refractivity contribution in [1.29, 1.82) is 0 Å². The predicted molar refractivity (Wildman–Crippen MR) is 83.8 cm³/mol. The van der Waals surface area contributed by atoms with Crippen LogP contribution in [0.3, 0.4) is 0 Å². The van der Waals surface area contributed by atoms with Crippen LogP contribution in [0.4, 0.5) is 0 Å². The molecule has 0 spiro atoms. The lowest BCUT2D eigenvalue weighted by atomic mass is 10.0. The maximum atomic E-state index is 6.16. The highest BCUT2D eigenvalue weighted by atomic mass is 35.5. The molecule has 0 atom stereocenters. The second-order valence-corrected chi connectivity index (χ2v) is 5.12. The Balaban J connectivity index is 2.26. The summed E-state index contributed by atoms with van der Waals surface area (Å²) in [4.78, 5) is 4.09. The normalized spacial score (nSPS) is 10.8. The van der Waals surface area contributed by atoms with Crippen LogP contribution in [-0.4, -0.2) is 12.1 Å². The van der Waals surface area contributed by atoms with E-state index in [-0.39, 0.29) is 0 Å². The molecule has 20 heavy (non-hydrogen) atoms. The summed E-state index contributed by atoms with van der Waals surface area (Å²) in [7, 11) is 1.66. The SMILES string of the molecule is COc1ccccc1-c1ccc2c(Cl)cnc(Cl)c2c1. The molecule has 0 unspecified atom stereocenters. The van der Waals surface area contributed by atoms with Gasteiger partial charge < -0.3 is 4.74 Å². The molecule has 0 saturated heterocycles. The number of fused-ring (bicyclic) bond motifs is 1. The maximum absolute atomic E-state index is 6.16. The van der Waals surface area contributed by atoms with E-state index in [9.17, 15) is 0 Å². The summed E-state index contributed by atoms with van der Waals surface area (Å²) in [5.74, 6) is 0.818. The number of hydrogen-bond acceptors (Lipinski definition) is 2. The molecule has 0 radical (unpaired) electrons. The van der Waals surface area contributed by atoms with E-state index in [1.54, 1.807) is 13.3 Å². The van der Waals surface area contributed by atoms with Gasteiger partial charge in [0.05, 0.1) is 12.1 Å². The minimum Gasteiger partial charge on any atom is -0.496 e. The quantitative estimate of drug-likeness (QED) is 0.606. The van der Waals surface area contributed by atoms with Crippen LogP contribution in [0.15, 0.2) is 48.7 Å². The molecular weight excluding hydrogens is 293 g/mol. The van der Waals surface area contributed by atoms with Gasteiger partial charge in [-0.05, 0) is 17.7 Å². The molecule has 1 aromatic heterocycles. The van der Waals surface area contributed by atoms with Crippen molar-refractivity contribution in [3.63, 3.8) is 0 Å². The van der Waals surface area contributed by atoms with Crippen molar-refractivity contribution >= 4 is 34.0 Å². The van der Waals surface area contributed by atoms with Crippen molar-refractivity contribution < 1.29 is 4.74 Å². The number of halogens is 2. The molecule has 100 valence electrons. The lowest BCUT2D eigenvalue weighted by Gasteiger charge is -2.10. The topological polar surface area (TPSA) is 22.1 Å². The second-order valence-electron chi connectivity index (χ2n) is 4.36. The molecule has 0 aliphatic rings. The summed E-state index contributed by atoms with van der Waals surface area (Å²) < 4.78 is 5.39. The van der Waals surface area contributed by atoms with Crippen LogP contribution in [0, 0.1) is 0 Å². The monoisotopic (exact) mass is 303 g/mol. The highest BCUT2D eigenvalue weighted by Gasteiger charge is 2.09. The molecule has 0 saturated carbocycles. The van der Waals surface area contributed by atoms with Crippen molar-refractivity contribution in [2.75, 3.05) is 7.11 Å². The van der Waals surface area contributed by atoms with Crippen LogP contribution < -0.4 is 4.74 Å². The van der Waals surface area contributed by atoms with Gasteiger partial charge in [0.2, 0.25) is 0 Å². The van der Waals surface area contributed by atoms with E-state index >= 15 is 0 Å². The molecule has 2 aromatic carbocycles. The van der Waals surface area contributed by atoms with Crippen LogP contribution in [-0.2, 0) is 0 Å². The first-order valence-corrected chi connectivity index (χ1v) is 6.83. The van der Waals surface area contributed by atoms with Gasteiger partial charge in [-0.2, -0.15) is 0 Å².